The Kier molecular flexibility index (Phi) is 4.96. The Morgan fingerprint density at radius 2 is 1.88 bits per heavy atom. The van der Waals surface area contributed by atoms with E-state index in [1.165, 1.54) is 0 Å². The van der Waals surface area contributed by atoms with Gasteiger partial charge in [-0.2, -0.15) is 0 Å². The van der Waals surface area contributed by atoms with E-state index < -0.39 is 0 Å². The lowest BCUT2D eigenvalue weighted by atomic mass is 10.1. The Labute approximate surface area is 97.5 Å². The van der Waals surface area contributed by atoms with Crippen molar-refractivity contribution in [3.05, 3.63) is 12.2 Å². The van der Waals surface area contributed by atoms with E-state index in [9.17, 15) is 4.79 Å². The molecule has 0 aromatic heterocycles. The molecule has 1 saturated heterocycles. The zero-order valence-corrected chi connectivity index (χ0v) is 10.3. The van der Waals surface area contributed by atoms with Gasteiger partial charge in [-0.05, 0) is 13.8 Å². The lowest BCUT2D eigenvalue weighted by molar-refractivity contribution is -0.129. The van der Waals surface area contributed by atoms with Gasteiger partial charge < -0.3 is 10.0 Å². The quantitative estimate of drug-likeness (QED) is 0.709. The summed E-state index contributed by atoms with van der Waals surface area (Å²) in [5.41, 5.74) is 0.514. The van der Waals surface area contributed by atoms with Crippen LogP contribution in [0.1, 0.15) is 20.3 Å². The van der Waals surface area contributed by atoms with Crippen molar-refractivity contribution < 1.29 is 9.90 Å². The predicted molar refractivity (Wildman–Crippen MR) is 64.1 cm³/mol. The van der Waals surface area contributed by atoms with Gasteiger partial charge in [0.05, 0.1) is 0 Å². The van der Waals surface area contributed by atoms with Crippen LogP contribution in [0.5, 0.6) is 0 Å². The van der Waals surface area contributed by atoms with Crippen LogP contribution in [0.2, 0.25) is 0 Å². The van der Waals surface area contributed by atoms with Gasteiger partial charge in [0, 0.05) is 50.8 Å². The minimum atomic E-state index is -0.00344. The summed E-state index contributed by atoms with van der Waals surface area (Å²) in [5.74, 6) is -0.00236. The number of hydrogen-bond acceptors (Lipinski definition) is 3. The highest BCUT2D eigenvalue weighted by molar-refractivity contribution is 5.92. The molecule has 0 saturated carbocycles. The van der Waals surface area contributed by atoms with Crippen molar-refractivity contribution >= 4 is 5.91 Å². The average Bonchev–Trinajstić information content (AvgIpc) is 2.28. The molecule has 1 fully saturated rings. The first-order valence-electron chi connectivity index (χ1n) is 5.88. The highest BCUT2D eigenvalue weighted by atomic mass is 16.3. The Hall–Kier alpha value is -0.870. The van der Waals surface area contributed by atoms with Crippen molar-refractivity contribution in [1.29, 1.82) is 0 Å². The van der Waals surface area contributed by atoms with Crippen LogP contribution in [0.25, 0.3) is 0 Å². The van der Waals surface area contributed by atoms with Crippen LogP contribution in [0.4, 0.5) is 0 Å². The van der Waals surface area contributed by atoms with Crippen molar-refractivity contribution in [1.82, 2.24) is 9.80 Å². The minimum Gasteiger partial charge on any atom is -0.396 e. The smallest absolute Gasteiger partial charge is 0.249 e. The molecule has 1 aliphatic heterocycles. The molecular formula is C12H22N2O2. The molecule has 0 unspecified atom stereocenters. The number of aliphatic hydroxyl groups is 1. The number of piperazine rings is 1. The third kappa shape index (κ3) is 3.32. The predicted octanol–water partition coefficient (Wildman–Crippen LogP) is 0.478. The van der Waals surface area contributed by atoms with Crippen LogP contribution in [-0.2, 0) is 4.79 Å². The fraction of sp³-hybridized carbons (Fsp3) is 0.750. The summed E-state index contributed by atoms with van der Waals surface area (Å²) >= 11 is 0. The largest absolute Gasteiger partial charge is 0.396 e. The fourth-order valence-electron chi connectivity index (χ4n) is 1.91. The summed E-state index contributed by atoms with van der Waals surface area (Å²) in [6.45, 7) is 11.4. The van der Waals surface area contributed by atoms with Gasteiger partial charge in [-0.25, -0.2) is 0 Å². The van der Waals surface area contributed by atoms with E-state index in [1.807, 2.05) is 4.90 Å². The zero-order valence-electron chi connectivity index (χ0n) is 10.3. The molecule has 1 aliphatic rings. The number of carbonyl (C=O) groups is 1. The van der Waals surface area contributed by atoms with E-state index in [0.29, 0.717) is 18.0 Å². The average molecular weight is 226 g/mol. The number of nitrogens with zero attached hydrogens (tertiary/aromatic N) is 2. The number of hydrogen-bond donors (Lipinski definition) is 1. The highest BCUT2D eigenvalue weighted by Crippen LogP contribution is 2.10. The van der Waals surface area contributed by atoms with Crippen molar-refractivity contribution in [2.75, 3.05) is 32.8 Å². The molecule has 0 bridgehead atoms. The molecule has 0 aliphatic carbocycles. The van der Waals surface area contributed by atoms with Crippen molar-refractivity contribution in [3.63, 3.8) is 0 Å². The summed E-state index contributed by atoms with van der Waals surface area (Å²) in [6, 6.07) is 0.540. The summed E-state index contributed by atoms with van der Waals surface area (Å²) in [7, 11) is 0. The van der Waals surface area contributed by atoms with E-state index in [-0.39, 0.29) is 12.5 Å². The summed E-state index contributed by atoms with van der Waals surface area (Å²) in [6.07, 6.45) is 0.378. The lowest BCUT2D eigenvalue weighted by Gasteiger charge is -2.37. The minimum absolute atomic E-state index is 0.00236. The van der Waals surface area contributed by atoms with Gasteiger partial charge in [-0.15, -0.1) is 0 Å². The molecule has 1 N–H and O–H groups in total. The third-order valence-electron chi connectivity index (χ3n) is 3.05. The molecule has 1 heterocycles. The van der Waals surface area contributed by atoms with Crippen LogP contribution in [0.3, 0.4) is 0 Å². The Balaban J connectivity index is 2.41. The van der Waals surface area contributed by atoms with Crippen LogP contribution >= 0.6 is 0 Å². The standard InChI is InChI=1S/C12H22N2O2/c1-10(2)13-5-7-14(8-6-13)12(16)11(3)4-9-15/h10,15H,3-9H2,1-2H3. The molecule has 0 atom stereocenters. The fourth-order valence-corrected chi connectivity index (χ4v) is 1.91. The van der Waals surface area contributed by atoms with Gasteiger partial charge in [-0.1, -0.05) is 6.58 Å². The molecule has 0 aromatic carbocycles. The van der Waals surface area contributed by atoms with Gasteiger partial charge >= 0.3 is 0 Å². The SMILES string of the molecule is C=C(CCO)C(=O)N1CCN(C(C)C)CC1. The molecule has 0 aromatic rings. The lowest BCUT2D eigenvalue weighted by Crippen LogP contribution is -2.51. The second kappa shape index (κ2) is 6.01. The van der Waals surface area contributed by atoms with E-state index in [2.05, 4.69) is 25.3 Å². The monoisotopic (exact) mass is 226 g/mol. The van der Waals surface area contributed by atoms with Crippen molar-refractivity contribution in [2.24, 2.45) is 0 Å². The van der Waals surface area contributed by atoms with Crippen LogP contribution in [0, 0.1) is 0 Å². The van der Waals surface area contributed by atoms with Crippen LogP contribution < -0.4 is 0 Å². The normalized spacial score (nSPS) is 17.9. The molecule has 0 spiro atoms. The first kappa shape index (κ1) is 13.2. The maximum atomic E-state index is 11.9. The first-order valence-corrected chi connectivity index (χ1v) is 5.88. The van der Waals surface area contributed by atoms with Crippen LogP contribution in [0.15, 0.2) is 12.2 Å². The molecule has 1 rings (SSSR count). The summed E-state index contributed by atoms with van der Waals surface area (Å²) < 4.78 is 0. The summed E-state index contributed by atoms with van der Waals surface area (Å²) in [5, 5.41) is 8.76. The van der Waals surface area contributed by atoms with E-state index in [0.717, 1.165) is 26.2 Å². The van der Waals surface area contributed by atoms with E-state index in [4.69, 9.17) is 5.11 Å². The number of aliphatic hydroxyl groups excluding tert-OH is 1. The van der Waals surface area contributed by atoms with Gasteiger partial charge in [-0.3, -0.25) is 9.69 Å². The summed E-state index contributed by atoms with van der Waals surface area (Å²) in [4.78, 5) is 16.1. The number of carbonyl (C=O) groups excluding carboxylic acids is 1. The van der Waals surface area contributed by atoms with Gasteiger partial charge in [0.25, 0.3) is 0 Å². The maximum Gasteiger partial charge on any atom is 0.249 e. The topological polar surface area (TPSA) is 43.8 Å². The third-order valence-corrected chi connectivity index (χ3v) is 3.05. The van der Waals surface area contributed by atoms with Crippen LogP contribution in [-0.4, -0.2) is 59.6 Å². The second-order valence-corrected chi connectivity index (χ2v) is 4.50. The van der Waals surface area contributed by atoms with Crippen molar-refractivity contribution in [2.45, 2.75) is 26.3 Å². The molecule has 0 radical (unpaired) electrons. The molecule has 1 amide bonds. The van der Waals surface area contributed by atoms with E-state index in [1.54, 1.807) is 0 Å². The van der Waals surface area contributed by atoms with E-state index >= 15 is 0 Å². The van der Waals surface area contributed by atoms with Gasteiger partial charge in [0.2, 0.25) is 5.91 Å². The molecule has 4 heteroatoms. The van der Waals surface area contributed by atoms with Gasteiger partial charge in [0.1, 0.15) is 0 Å². The number of amides is 1. The van der Waals surface area contributed by atoms with Gasteiger partial charge in [0.15, 0.2) is 0 Å². The van der Waals surface area contributed by atoms with Crippen molar-refractivity contribution in [3.8, 4) is 0 Å². The Morgan fingerprint density at radius 3 is 2.31 bits per heavy atom. The molecular weight excluding hydrogens is 204 g/mol. The zero-order chi connectivity index (χ0) is 12.1. The highest BCUT2D eigenvalue weighted by Gasteiger charge is 2.23. The first-order chi connectivity index (χ1) is 7.56. The Morgan fingerprint density at radius 1 is 1.31 bits per heavy atom. The second-order valence-electron chi connectivity index (χ2n) is 4.50. The Bertz CT molecular complexity index is 256. The maximum absolute atomic E-state index is 11.9. The molecule has 16 heavy (non-hydrogen) atoms. The molecule has 4 nitrogen and oxygen atoms in total. The molecule has 92 valence electrons. The number of rotatable bonds is 4.